The van der Waals surface area contributed by atoms with Crippen LogP contribution in [0.3, 0.4) is 0 Å². The average molecular weight is 839 g/mol. The van der Waals surface area contributed by atoms with E-state index in [9.17, 15) is 0 Å². The van der Waals surface area contributed by atoms with Crippen LogP contribution in [0, 0.1) is 18.8 Å². The summed E-state index contributed by atoms with van der Waals surface area (Å²) in [6, 6.07) is 32.7. The van der Waals surface area contributed by atoms with Gasteiger partial charge in [-0.05, 0) is 0 Å². The van der Waals surface area contributed by atoms with Gasteiger partial charge in [-0.2, -0.15) is 0 Å². The van der Waals surface area contributed by atoms with E-state index in [1.165, 1.54) is 71.9 Å². The SMILES string of the molecule is CCCC[C](CCCC)=[Zr+2]([C]1=CC=CC1)[c]1c(CC(C)C(C)C(C)(C)c2ccccc2)ccc2c1Cc1cc(C)cc(C(C)(C)c3ccccc3)c1-2.[Cl-].[Cl-]. The van der Waals surface area contributed by atoms with Crippen molar-refractivity contribution in [1.82, 2.24) is 0 Å². The molecule has 0 bridgehead atoms. The molecule has 0 radical (unpaired) electrons. The van der Waals surface area contributed by atoms with Gasteiger partial charge in [-0.1, -0.05) is 0 Å². The molecule has 0 amide bonds. The van der Waals surface area contributed by atoms with Crippen molar-refractivity contribution in [3.05, 3.63) is 145 Å². The molecule has 4 aromatic rings. The Morgan fingerprint density at radius 2 is 1.39 bits per heavy atom. The molecule has 0 fully saturated rings. The Bertz CT molecular complexity index is 1950. The zero-order chi connectivity index (χ0) is 37.0. The van der Waals surface area contributed by atoms with Crippen LogP contribution in [-0.2, 0) is 44.9 Å². The summed E-state index contributed by atoms with van der Waals surface area (Å²) in [5.74, 6) is 1.10. The zero-order valence-electron chi connectivity index (χ0n) is 34.6. The summed E-state index contributed by atoms with van der Waals surface area (Å²) in [6.45, 7) is 22.0. The first-order chi connectivity index (χ1) is 25.0. The fraction of sp³-hybridized carbons (Fsp3) is 0.431. The van der Waals surface area contributed by atoms with Crippen LogP contribution in [0.4, 0.5) is 0 Å². The fourth-order valence-corrected chi connectivity index (χ4v) is 18.2. The summed E-state index contributed by atoms with van der Waals surface area (Å²) in [5.41, 5.74) is 13.7. The monoisotopic (exact) mass is 836 g/mol. The number of hydrogen-bond acceptors (Lipinski definition) is 0. The molecule has 54 heavy (non-hydrogen) atoms. The molecule has 4 aromatic carbocycles. The number of benzene rings is 4. The van der Waals surface area contributed by atoms with Crippen LogP contribution in [0.1, 0.15) is 139 Å². The van der Waals surface area contributed by atoms with E-state index in [0.29, 0.717) is 11.8 Å². The Morgan fingerprint density at radius 3 is 1.96 bits per heavy atom. The maximum Gasteiger partial charge on any atom is -1.00 e. The number of hydrogen-bond donors (Lipinski definition) is 0. The van der Waals surface area contributed by atoms with Gasteiger partial charge in [0.1, 0.15) is 0 Å². The van der Waals surface area contributed by atoms with E-state index in [-0.39, 0.29) is 35.6 Å². The van der Waals surface area contributed by atoms with Crippen molar-refractivity contribution in [2.45, 2.75) is 131 Å². The first kappa shape index (κ1) is 44.4. The molecule has 3 heteroatoms. The van der Waals surface area contributed by atoms with Gasteiger partial charge >= 0.3 is 327 Å². The summed E-state index contributed by atoms with van der Waals surface area (Å²) in [7, 11) is 0. The minimum Gasteiger partial charge on any atom is -1.00 e. The largest absolute Gasteiger partial charge is 1.00 e. The van der Waals surface area contributed by atoms with Crippen LogP contribution in [0.15, 0.2) is 106 Å². The Balaban J connectivity index is 0.00000325. The minimum atomic E-state index is -2.49. The molecular weight excluding hydrogens is 775 g/mol. The number of halogens is 2. The van der Waals surface area contributed by atoms with Crippen molar-refractivity contribution in [1.29, 1.82) is 0 Å². The van der Waals surface area contributed by atoms with Crippen molar-refractivity contribution in [3.63, 3.8) is 0 Å². The van der Waals surface area contributed by atoms with Gasteiger partial charge in [-0.15, -0.1) is 0 Å². The third-order valence-electron chi connectivity index (χ3n) is 13.0. The van der Waals surface area contributed by atoms with E-state index in [0.717, 1.165) is 19.3 Å². The van der Waals surface area contributed by atoms with E-state index < -0.39 is 21.3 Å². The van der Waals surface area contributed by atoms with Gasteiger partial charge in [-0.3, -0.25) is 0 Å². The van der Waals surface area contributed by atoms with Gasteiger partial charge in [0.25, 0.3) is 0 Å². The van der Waals surface area contributed by atoms with Crippen LogP contribution < -0.4 is 28.1 Å². The molecule has 0 saturated carbocycles. The molecule has 0 saturated heterocycles. The van der Waals surface area contributed by atoms with Crippen molar-refractivity contribution < 1.29 is 46.1 Å². The summed E-state index contributed by atoms with van der Waals surface area (Å²) >= 11 is -2.49. The van der Waals surface area contributed by atoms with Gasteiger partial charge in [0, 0.05) is 0 Å². The quantitative estimate of drug-likeness (QED) is 0.104. The zero-order valence-corrected chi connectivity index (χ0v) is 38.6. The van der Waals surface area contributed by atoms with E-state index in [1.807, 2.05) is 6.48 Å². The van der Waals surface area contributed by atoms with Crippen LogP contribution in [0.5, 0.6) is 0 Å². The predicted molar refractivity (Wildman–Crippen MR) is 225 cm³/mol. The van der Waals surface area contributed by atoms with E-state index >= 15 is 0 Å². The standard InChI is InChI=1S/C37H41.C9H18.C5H5.2ClH.Zr/c1-25-20-30-24-29-23-28(22-26(2)27(3)36(4,5)31-14-10-8-11-15-31)18-19-33(29)35(30)34(21-25)37(6,7)32-16-12-9-13-17-32;1-3-5-7-9-8-6-4-2;1-2-4-5-3-1;;;/h8-21,26-27H,22,24H2,1-7H3;3-8H2,1-2H3;1-3H,4H2;2*1H;/q;;;;;+2/p-2. The summed E-state index contributed by atoms with van der Waals surface area (Å²) in [4.78, 5) is 0. The Hall–Kier alpha value is -2.31. The van der Waals surface area contributed by atoms with Crippen molar-refractivity contribution in [2.24, 2.45) is 11.8 Å². The maximum atomic E-state index is 2.63. The molecule has 6 rings (SSSR count). The molecule has 0 aliphatic heterocycles. The van der Waals surface area contributed by atoms with E-state index in [2.05, 4.69) is 165 Å². The second-order valence-corrected chi connectivity index (χ2v) is 23.6. The Kier molecular flexibility index (Phi) is 15.8. The second kappa shape index (κ2) is 19.2. The smallest absolute Gasteiger partial charge is 1.00 e. The van der Waals surface area contributed by atoms with Crippen LogP contribution >= 0.6 is 0 Å². The second-order valence-electron chi connectivity index (χ2n) is 17.2. The number of fused-ring (bicyclic) bond motifs is 3. The first-order valence-corrected chi connectivity index (χ1v) is 24.2. The molecular formula is C51H64Cl2Zr. The van der Waals surface area contributed by atoms with Gasteiger partial charge in [-0.25, -0.2) is 0 Å². The van der Waals surface area contributed by atoms with E-state index in [4.69, 9.17) is 0 Å². The molecule has 2 unspecified atom stereocenters. The van der Waals surface area contributed by atoms with Crippen molar-refractivity contribution in [2.75, 3.05) is 0 Å². The van der Waals surface area contributed by atoms with Gasteiger partial charge in [0.2, 0.25) is 0 Å². The maximum absolute atomic E-state index is 2.63. The molecule has 2 atom stereocenters. The summed E-state index contributed by atoms with van der Waals surface area (Å²) < 4.78 is 5.63. The average Bonchev–Trinajstić information content (AvgIpc) is 3.81. The van der Waals surface area contributed by atoms with E-state index in [1.54, 1.807) is 20.0 Å². The molecule has 0 nitrogen and oxygen atoms in total. The molecule has 0 N–H and O–H groups in total. The molecule has 286 valence electrons. The van der Waals surface area contributed by atoms with Crippen LogP contribution in [0.2, 0.25) is 0 Å². The predicted octanol–water partition coefficient (Wildman–Crippen LogP) is 7.33. The first-order valence-electron chi connectivity index (χ1n) is 20.5. The number of allylic oxidation sites excluding steroid dienone is 4. The van der Waals surface area contributed by atoms with Crippen LogP contribution in [0.25, 0.3) is 11.1 Å². The topological polar surface area (TPSA) is 0 Å². The molecule has 0 spiro atoms. The number of rotatable bonds is 15. The Morgan fingerprint density at radius 1 is 0.778 bits per heavy atom. The molecule has 2 aliphatic carbocycles. The van der Waals surface area contributed by atoms with Gasteiger partial charge in [0.05, 0.1) is 0 Å². The van der Waals surface area contributed by atoms with Crippen molar-refractivity contribution >= 4 is 6.48 Å². The van der Waals surface area contributed by atoms with Gasteiger partial charge in [0.15, 0.2) is 0 Å². The molecule has 2 aliphatic rings. The molecule has 0 aromatic heterocycles. The summed E-state index contributed by atoms with van der Waals surface area (Å²) in [6.07, 6.45) is 18.6. The Labute approximate surface area is 349 Å². The van der Waals surface area contributed by atoms with Crippen molar-refractivity contribution in [3.8, 4) is 11.1 Å². The third kappa shape index (κ3) is 9.12. The number of unbranched alkanes of at least 4 members (excludes halogenated alkanes) is 2. The van der Waals surface area contributed by atoms with Gasteiger partial charge < -0.3 is 24.8 Å². The third-order valence-corrected chi connectivity index (χ3v) is 21.2. The number of aryl methyl sites for hydroxylation is 1. The fourth-order valence-electron chi connectivity index (χ4n) is 9.33. The van der Waals surface area contributed by atoms with Crippen LogP contribution in [-0.4, -0.2) is 3.21 Å². The molecule has 0 heterocycles. The summed E-state index contributed by atoms with van der Waals surface area (Å²) in [5, 5.41) is 0. The normalized spacial score (nSPS) is 14.2. The minimum absolute atomic E-state index is 0.